The number of carboxylic acid groups (broad SMARTS) is 1. The number of alkyl halides is 3. The third kappa shape index (κ3) is 13.2. The van der Waals surface area contributed by atoms with E-state index in [1.807, 2.05) is 75.1 Å². The monoisotopic (exact) mass is 980 g/mol. The summed E-state index contributed by atoms with van der Waals surface area (Å²) in [7, 11) is 2.16. The second-order valence-electron chi connectivity index (χ2n) is 20.7. The van der Waals surface area contributed by atoms with E-state index >= 15 is 0 Å². The number of pyridine rings is 1. The van der Waals surface area contributed by atoms with E-state index in [1.54, 1.807) is 36.5 Å². The zero-order valence-corrected chi connectivity index (χ0v) is 41.4. The first-order valence-corrected chi connectivity index (χ1v) is 23.8. The van der Waals surface area contributed by atoms with Crippen LogP contribution >= 0.6 is 0 Å². The number of halogens is 3. The smallest absolute Gasteiger partial charge is 0.475 e. The number of aliphatic carboxylic acids is 1. The van der Waals surface area contributed by atoms with Gasteiger partial charge in [-0.2, -0.15) is 18.3 Å². The van der Waals surface area contributed by atoms with Gasteiger partial charge in [0.2, 0.25) is 5.91 Å². The molecule has 5 heterocycles. The van der Waals surface area contributed by atoms with E-state index in [2.05, 4.69) is 27.3 Å². The molecule has 3 aliphatic rings. The summed E-state index contributed by atoms with van der Waals surface area (Å²) in [5.41, 5.74) is 2.40. The van der Waals surface area contributed by atoms with Crippen LogP contribution in [0.3, 0.4) is 0 Å². The number of carbonyl (C=O) groups excluding carboxylic acids is 4. The molecule has 2 N–H and O–H groups in total. The van der Waals surface area contributed by atoms with Gasteiger partial charge in [0.05, 0.1) is 28.1 Å². The van der Waals surface area contributed by atoms with Crippen LogP contribution < -0.4 is 10.9 Å². The number of amides is 3. The van der Waals surface area contributed by atoms with Gasteiger partial charge in [0, 0.05) is 62.7 Å². The molecule has 0 saturated carbocycles. The Hall–Kier alpha value is -6.02. The molecule has 3 aliphatic heterocycles. The van der Waals surface area contributed by atoms with Gasteiger partial charge in [-0.25, -0.2) is 14.3 Å². The Bertz CT molecular complexity index is 2590. The van der Waals surface area contributed by atoms with Crippen molar-refractivity contribution in [1.82, 2.24) is 39.3 Å². The number of piperazine rings is 1. The van der Waals surface area contributed by atoms with Gasteiger partial charge in [-0.1, -0.05) is 24.3 Å². The van der Waals surface area contributed by atoms with E-state index in [9.17, 15) is 37.1 Å². The number of likely N-dealkylation sites (tertiary alicyclic amines) is 2. The van der Waals surface area contributed by atoms with Crippen LogP contribution in [0, 0.1) is 17.8 Å². The molecule has 2 aromatic carbocycles. The Balaban J connectivity index is 0.00000107. The Labute approximate surface area is 405 Å². The molecule has 0 spiro atoms. The third-order valence-corrected chi connectivity index (χ3v) is 13.2. The summed E-state index contributed by atoms with van der Waals surface area (Å²) in [6.45, 7) is 18.3. The number of benzene rings is 2. The van der Waals surface area contributed by atoms with Crippen LogP contribution in [0.15, 0.2) is 53.5 Å². The number of hydrogen-bond donors (Lipinski definition) is 2. The highest BCUT2D eigenvalue weighted by Crippen LogP contribution is 2.30. The predicted molar refractivity (Wildman–Crippen MR) is 256 cm³/mol. The van der Waals surface area contributed by atoms with E-state index in [1.165, 1.54) is 4.57 Å². The number of hydrogen-bond acceptors (Lipinski definition) is 11. The van der Waals surface area contributed by atoms with E-state index in [0.29, 0.717) is 56.1 Å². The molecule has 1 atom stereocenters. The van der Waals surface area contributed by atoms with E-state index in [4.69, 9.17) is 19.4 Å². The maximum Gasteiger partial charge on any atom is 0.490 e. The molecule has 3 fully saturated rings. The molecule has 0 aliphatic carbocycles. The first kappa shape index (κ1) is 53.3. The summed E-state index contributed by atoms with van der Waals surface area (Å²) in [4.78, 5) is 85.4. The van der Waals surface area contributed by atoms with Crippen LogP contribution in [0.5, 0.6) is 0 Å². The number of ether oxygens (including phenoxy) is 2. The largest absolute Gasteiger partial charge is 0.490 e. The van der Waals surface area contributed by atoms with Crippen LogP contribution in [0.1, 0.15) is 89.8 Å². The molecule has 0 bridgehead atoms. The van der Waals surface area contributed by atoms with Gasteiger partial charge in [0.1, 0.15) is 6.04 Å². The number of carbonyl (C=O) groups is 5. The number of nitrogens with zero attached hydrogens (tertiary/aromatic N) is 7. The molecule has 7 rings (SSSR count). The van der Waals surface area contributed by atoms with Gasteiger partial charge in [0.25, 0.3) is 5.56 Å². The third-order valence-electron chi connectivity index (χ3n) is 13.2. The van der Waals surface area contributed by atoms with Crippen molar-refractivity contribution in [3.63, 3.8) is 0 Å². The normalized spacial score (nSPS) is 17.5. The molecular formula is C50H67F3N8O9. The average molecular weight is 981 g/mol. The van der Waals surface area contributed by atoms with Crippen molar-refractivity contribution in [2.75, 3.05) is 59.4 Å². The highest BCUT2D eigenvalue weighted by Gasteiger charge is 2.38. The number of esters is 2. The van der Waals surface area contributed by atoms with E-state index in [0.717, 1.165) is 66.4 Å². The second-order valence-corrected chi connectivity index (χ2v) is 20.7. The van der Waals surface area contributed by atoms with Crippen molar-refractivity contribution < 1.29 is 51.7 Å². The number of urea groups is 1. The number of aryl methyl sites for hydroxylation is 1. The Morgan fingerprint density at radius 3 is 1.96 bits per heavy atom. The molecular weight excluding hydrogens is 914 g/mol. The van der Waals surface area contributed by atoms with Crippen molar-refractivity contribution in [2.24, 2.45) is 10.8 Å². The number of piperidine rings is 2. The fraction of sp³-hybridized carbons (Fsp3) is 0.580. The van der Waals surface area contributed by atoms with Crippen molar-refractivity contribution >= 4 is 51.7 Å². The summed E-state index contributed by atoms with van der Waals surface area (Å²) in [5, 5.41) is 16.5. The number of aromatic nitrogens is 3. The molecule has 382 valence electrons. The maximum absolute atomic E-state index is 14.5. The zero-order valence-electron chi connectivity index (χ0n) is 41.4. The molecule has 3 saturated heterocycles. The molecule has 70 heavy (non-hydrogen) atoms. The number of fused-ring (bicyclic) bond motifs is 2. The predicted octanol–water partition coefficient (Wildman–Crippen LogP) is 6.13. The first-order valence-electron chi connectivity index (χ1n) is 23.8. The fourth-order valence-corrected chi connectivity index (χ4v) is 9.14. The van der Waals surface area contributed by atoms with Gasteiger partial charge in [-0.15, -0.1) is 0 Å². The second kappa shape index (κ2) is 22.0. The fourth-order valence-electron chi connectivity index (χ4n) is 9.14. The Morgan fingerprint density at radius 1 is 0.786 bits per heavy atom. The molecule has 4 aromatic rings. The Morgan fingerprint density at radius 2 is 1.37 bits per heavy atom. The summed E-state index contributed by atoms with van der Waals surface area (Å²) >= 11 is 0. The molecule has 17 nitrogen and oxygen atoms in total. The minimum Gasteiger partial charge on any atom is -0.475 e. The minimum atomic E-state index is -5.08. The van der Waals surface area contributed by atoms with Crippen molar-refractivity contribution in [3.8, 4) is 0 Å². The lowest BCUT2D eigenvalue weighted by atomic mass is 9.89. The van der Waals surface area contributed by atoms with Crippen molar-refractivity contribution in [1.29, 1.82) is 0 Å². The van der Waals surface area contributed by atoms with Crippen LogP contribution in [0.25, 0.3) is 21.8 Å². The number of para-hydroxylation sites is 1. The molecule has 20 heteroatoms. The number of carboxylic acids is 1. The standard InChI is InChI=1S/C48H66N8O7.C2HF3O2/c1-32-25-33(26-36-29-49-56(41(32)36)31-63-45(60)48(5,6)7)27-39(43(58)53-23-21-52(22-24-53)37-15-17-51(8)18-16-37)50-46(61)54-19-13-34(14-20-54)38-28-35-11-9-10-12-40(35)55(42(38)57)30-62-44(59)47(2,3)4;3-2(4,5)1(6)7/h9-12,25-26,28-29,34,37,39H,13-24,27,30-31H2,1-8H3,(H,50,61);(H,6,7). The minimum absolute atomic E-state index is 0.0128. The van der Waals surface area contributed by atoms with Gasteiger partial charge in [0.15, 0.2) is 13.5 Å². The van der Waals surface area contributed by atoms with Gasteiger partial charge < -0.3 is 34.6 Å². The molecule has 3 amide bonds. The van der Waals surface area contributed by atoms with Gasteiger partial charge in [-0.3, -0.25) is 28.6 Å². The van der Waals surface area contributed by atoms with Crippen LogP contribution in [0.4, 0.5) is 18.0 Å². The van der Waals surface area contributed by atoms with E-state index < -0.39 is 35.0 Å². The van der Waals surface area contributed by atoms with Crippen molar-refractivity contribution in [3.05, 3.63) is 75.7 Å². The molecule has 2 aromatic heterocycles. The van der Waals surface area contributed by atoms with Crippen LogP contribution in [-0.4, -0.2) is 147 Å². The highest BCUT2D eigenvalue weighted by atomic mass is 19.4. The quantitative estimate of drug-likeness (QED) is 0.174. The topological polar surface area (TPSA) is 189 Å². The van der Waals surface area contributed by atoms with Gasteiger partial charge in [-0.05, 0) is 135 Å². The average Bonchev–Trinajstić information content (AvgIpc) is 3.72. The first-order chi connectivity index (χ1) is 32.8. The van der Waals surface area contributed by atoms with E-state index in [-0.39, 0.29) is 49.3 Å². The zero-order chi connectivity index (χ0) is 51.3. The summed E-state index contributed by atoms with van der Waals surface area (Å²) in [5.74, 6) is -3.68. The lowest BCUT2D eigenvalue weighted by molar-refractivity contribution is -0.192. The lowest BCUT2D eigenvalue weighted by Crippen LogP contribution is -2.59. The highest BCUT2D eigenvalue weighted by molar-refractivity contribution is 5.88. The SMILES string of the molecule is Cc1cc(CC(NC(=O)N2CCC(c3cc4ccccc4n(COC(=O)C(C)(C)C)c3=O)CC2)C(=O)N2CCN(C3CCN(C)CC3)CC2)cc2cnn(COC(=O)C(C)(C)C)c12.O=C(O)C(F)(F)F. The molecule has 0 radical (unpaired) electrons. The number of nitrogens with one attached hydrogen (secondary N) is 1. The summed E-state index contributed by atoms with van der Waals surface area (Å²) in [6, 6.07) is 12.9. The Kier molecular flexibility index (Phi) is 16.7. The summed E-state index contributed by atoms with van der Waals surface area (Å²) < 4.78 is 46.1. The number of rotatable bonds is 10. The van der Waals surface area contributed by atoms with Crippen molar-refractivity contribution in [2.45, 2.75) is 118 Å². The maximum atomic E-state index is 14.5. The lowest BCUT2D eigenvalue weighted by Gasteiger charge is -2.43. The summed E-state index contributed by atoms with van der Waals surface area (Å²) in [6.07, 6.45) is 0.313. The molecule has 1 unspecified atom stereocenters. The van der Waals surface area contributed by atoms with Crippen LogP contribution in [-0.2, 0) is 48.5 Å². The van der Waals surface area contributed by atoms with Gasteiger partial charge >= 0.3 is 30.1 Å². The van der Waals surface area contributed by atoms with Crippen LogP contribution in [0.2, 0.25) is 0 Å².